The number of aromatic nitrogens is 1. The number of rotatable bonds is 7. The highest BCUT2D eigenvalue weighted by Gasteiger charge is 2.69. The van der Waals surface area contributed by atoms with Gasteiger partial charge in [0.05, 0.1) is 27.4 Å². The summed E-state index contributed by atoms with van der Waals surface area (Å²) >= 11 is 9.16. The minimum atomic E-state index is -3.89. The molecule has 16 heteroatoms. The van der Waals surface area contributed by atoms with E-state index in [0.29, 0.717) is 39.2 Å². The van der Waals surface area contributed by atoms with E-state index in [4.69, 9.17) is 21.5 Å². The molecule has 252 valence electrons. The Labute approximate surface area is 292 Å². The van der Waals surface area contributed by atoms with Crippen molar-refractivity contribution in [3.05, 3.63) is 97.7 Å². The number of thiazole rings is 1. The summed E-state index contributed by atoms with van der Waals surface area (Å²) in [4.78, 5) is 58.1. The van der Waals surface area contributed by atoms with Gasteiger partial charge in [-0.25, -0.2) is 17.9 Å². The number of ether oxygens (including phenoxy) is 1. The first-order valence-corrected chi connectivity index (χ1v) is 18.9. The molecular weight excluding hydrogens is 715 g/mol. The Hall–Kier alpha value is -4.02. The van der Waals surface area contributed by atoms with Gasteiger partial charge in [0.15, 0.2) is 6.61 Å². The first kappa shape index (κ1) is 32.2. The van der Waals surface area contributed by atoms with Crippen molar-refractivity contribution in [2.45, 2.75) is 27.5 Å². The van der Waals surface area contributed by atoms with Crippen LogP contribution in [0.1, 0.15) is 22.8 Å². The van der Waals surface area contributed by atoms with Crippen LogP contribution in [0.3, 0.4) is 0 Å². The van der Waals surface area contributed by atoms with Crippen LogP contribution in [0.15, 0.2) is 81.4 Å². The van der Waals surface area contributed by atoms with E-state index in [1.54, 1.807) is 18.2 Å². The molecular formula is C33H26ClFN4O7S3. The molecule has 2 aliphatic heterocycles. The number of halogens is 2. The van der Waals surface area contributed by atoms with Gasteiger partial charge in [-0.1, -0.05) is 22.9 Å². The number of thioether (sulfide) groups is 1. The second-order valence-electron chi connectivity index (χ2n) is 12.5. The van der Waals surface area contributed by atoms with Crippen molar-refractivity contribution < 1.29 is 31.9 Å². The van der Waals surface area contributed by atoms with Crippen LogP contribution in [0, 0.1) is 35.4 Å². The van der Waals surface area contributed by atoms with Gasteiger partial charge in [-0.05, 0) is 90.9 Å². The number of fused-ring (bicyclic) bond motifs is 9. The maximum Gasteiger partial charge on any atom is 0.305 e. The summed E-state index contributed by atoms with van der Waals surface area (Å²) in [6.07, 6.45) is 0.658. The molecule has 4 N–H and O–H groups in total. The smallest absolute Gasteiger partial charge is 0.305 e. The number of anilines is 2. The minimum absolute atomic E-state index is 0.0956. The molecule has 3 aromatic carbocycles. The van der Waals surface area contributed by atoms with Crippen molar-refractivity contribution in [2.24, 2.45) is 34.7 Å². The lowest BCUT2D eigenvalue weighted by Gasteiger charge is -2.43. The van der Waals surface area contributed by atoms with Crippen LogP contribution in [0.25, 0.3) is 0 Å². The number of primary sulfonamides is 1. The number of benzene rings is 3. The highest BCUT2D eigenvalue weighted by atomic mass is 35.5. The molecule has 2 saturated carbocycles. The number of carbonyl (C=O) groups is 3. The molecule has 2 aliphatic carbocycles. The fourth-order valence-corrected chi connectivity index (χ4v) is 11.7. The second-order valence-corrected chi connectivity index (χ2v) is 16.7. The highest BCUT2D eigenvalue weighted by molar-refractivity contribution is 8.00. The molecule has 4 aliphatic rings. The van der Waals surface area contributed by atoms with E-state index < -0.39 is 46.1 Å². The van der Waals surface area contributed by atoms with Crippen LogP contribution >= 0.6 is 34.7 Å². The average molecular weight is 741 g/mol. The summed E-state index contributed by atoms with van der Waals surface area (Å²) in [6.45, 7) is -0.395. The quantitative estimate of drug-likeness (QED) is 0.232. The molecule has 8 rings (SSSR count). The van der Waals surface area contributed by atoms with Gasteiger partial charge in [0, 0.05) is 32.3 Å². The number of hydrogen-bond donors (Lipinski definition) is 3. The number of nitrogens with one attached hydrogen (secondary N) is 2. The van der Waals surface area contributed by atoms with Gasteiger partial charge in [-0.3, -0.25) is 24.1 Å². The summed E-state index contributed by atoms with van der Waals surface area (Å²) in [7, 11) is -3.89. The number of nitrogens with two attached hydrogens (primary N) is 1. The van der Waals surface area contributed by atoms with Crippen molar-refractivity contribution >= 4 is 73.8 Å². The third-order valence-electron chi connectivity index (χ3n) is 9.94. The minimum Gasteiger partial charge on any atom is -0.483 e. The number of nitrogens with zero attached hydrogens (tertiary/aromatic N) is 1. The number of carbonyl (C=O) groups excluding carboxylic acids is 3. The van der Waals surface area contributed by atoms with Crippen LogP contribution in [0.4, 0.5) is 15.8 Å². The van der Waals surface area contributed by atoms with Gasteiger partial charge >= 0.3 is 4.87 Å². The second kappa shape index (κ2) is 11.8. The predicted molar refractivity (Wildman–Crippen MR) is 181 cm³/mol. The van der Waals surface area contributed by atoms with E-state index in [9.17, 15) is 32.0 Å². The van der Waals surface area contributed by atoms with Gasteiger partial charge in [-0.15, -0.1) is 11.8 Å². The summed E-state index contributed by atoms with van der Waals surface area (Å²) in [5.41, 5.74) is 1.33. The van der Waals surface area contributed by atoms with Gasteiger partial charge < -0.3 is 15.0 Å². The van der Waals surface area contributed by atoms with Crippen LogP contribution in [0.5, 0.6) is 5.75 Å². The Kier molecular flexibility index (Phi) is 7.75. The molecule has 1 aromatic heterocycles. The SMILES string of the molecule is NS(=O)(=O)c1ccc(NC(=O)COc2ccc(Cl)cc2[C@H]2c3sc(=O)[nH]c3SC3C2[C@H]2C[C@@H]3C3C(=O)N(c4ccc(F)cc4)C(=O)C32)cc1. The number of imide groups is 1. The molecule has 7 atom stereocenters. The summed E-state index contributed by atoms with van der Waals surface area (Å²) in [6, 6.07) is 15.8. The fourth-order valence-electron chi connectivity index (χ4n) is 8.17. The number of H-pyrrole nitrogens is 1. The van der Waals surface area contributed by atoms with Crippen LogP contribution in [-0.4, -0.2) is 43.0 Å². The summed E-state index contributed by atoms with van der Waals surface area (Å²) < 4.78 is 42.9. The zero-order valence-corrected chi connectivity index (χ0v) is 28.4. The van der Waals surface area contributed by atoms with Crippen molar-refractivity contribution in [3.63, 3.8) is 0 Å². The first-order valence-electron chi connectivity index (χ1n) is 15.3. The third kappa shape index (κ3) is 5.38. The molecule has 11 nitrogen and oxygen atoms in total. The maximum atomic E-state index is 14.0. The largest absolute Gasteiger partial charge is 0.483 e. The van der Waals surface area contributed by atoms with E-state index >= 15 is 0 Å². The third-order valence-corrected chi connectivity index (χ3v) is 13.7. The molecule has 4 aromatic rings. The average Bonchev–Trinajstić information content (AvgIpc) is 3.79. The Morgan fingerprint density at radius 3 is 2.41 bits per heavy atom. The number of aromatic amines is 1. The Balaban J connectivity index is 1.11. The lowest BCUT2D eigenvalue weighted by molar-refractivity contribution is -0.123. The fraction of sp³-hybridized carbons (Fsp3) is 0.273. The van der Waals surface area contributed by atoms with Gasteiger partial charge in [0.2, 0.25) is 21.8 Å². The zero-order valence-electron chi connectivity index (χ0n) is 25.2. The van der Waals surface area contributed by atoms with E-state index in [0.717, 1.165) is 16.2 Å². The predicted octanol–water partition coefficient (Wildman–Crippen LogP) is 4.57. The number of hydrogen-bond acceptors (Lipinski definition) is 9. The van der Waals surface area contributed by atoms with Gasteiger partial charge in [0.1, 0.15) is 11.6 Å². The molecule has 3 heterocycles. The lowest BCUT2D eigenvalue weighted by atomic mass is 9.68. The van der Waals surface area contributed by atoms with E-state index in [2.05, 4.69) is 10.3 Å². The highest BCUT2D eigenvalue weighted by Crippen LogP contribution is 2.69. The molecule has 0 radical (unpaired) electrons. The number of sulfonamides is 1. The number of amides is 3. The van der Waals surface area contributed by atoms with Crippen molar-refractivity contribution in [1.82, 2.24) is 4.98 Å². The van der Waals surface area contributed by atoms with Crippen molar-refractivity contribution in [3.8, 4) is 5.75 Å². The molecule has 4 unspecified atom stereocenters. The normalized spacial score (nSPS) is 26.8. The van der Waals surface area contributed by atoms with Crippen LogP contribution in [-0.2, 0) is 24.4 Å². The molecule has 3 fully saturated rings. The van der Waals surface area contributed by atoms with Crippen LogP contribution in [0.2, 0.25) is 5.02 Å². The van der Waals surface area contributed by atoms with E-state index in [1.807, 2.05) is 0 Å². The van der Waals surface area contributed by atoms with E-state index in [1.165, 1.54) is 65.2 Å². The lowest BCUT2D eigenvalue weighted by Crippen LogP contribution is -2.42. The first-order chi connectivity index (χ1) is 23.4. The molecule has 0 spiro atoms. The Morgan fingerprint density at radius 1 is 1.02 bits per heavy atom. The molecule has 2 bridgehead atoms. The zero-order chi connectivity index (χ0) is 34.4. The Bertz CT molecular complexity index is 2210. The molecule has 49 heavy (non-hydrogen) atoms. The summed E-state index contributed by atoms with van der Waals surface area (Å²) in [5, 5.41) is 8.83. The maximum absolute atomic E-state index is 14.0. The van der Waals surface area contributed by atoms with Crippen molar-refractivity contribution in [1.29, 1.82) is 0 Å². The van der Waals surface area contributed by atoms with Gasteiger partial charge in [-0.2, -0.15) is 0 Å². The van der Waals surface area contributed by atoms with Crippen LogP contribution < -0.4 is 25.0 Å². The van der Waals surface area contributed by atoms with Gasteiger partial charge in [0.25, 0.3) is 5.91 Å². The molecule has 1 saturated heterocycles. The topological polar surface area (TPSA) is 169 Å². The monoisotopic (exact) mass is 740 g/mol. The Morgan fingerprint density at radius 2 is 1.71 bits per heavy atom. The van der Waals surface area contributed by atoms with Crippen molar-refractivity contribution in [2.75, 3.05) is 16.8 Å². The summed E-state index contributed by atoms with van der Waals surface area (Å²) in [5.74, 6) is -3.21. The molecule has 3 amide bonds. The standard InChI is InChI=1S/C33H26ClFN4O7S3/c34-14-1-10-22(46-13-23(40)37-16-4-8-18(9-5-16)49(36,44)45)19(11-14)24-25-20-12-21(28(25)47-30-29(24)48-33(43)38-30)27-26(20)31(41)39(32(27)42)17-6-2-15(35)3-7-17/h1-11,20-21,24-28H,12-13H2,(H,37,40)(H,38,43)(H2,36,44,45)/t20-,21-,24-,25?,26?,27?,28?/m1/s1. The van der Waals surface area contributed by atoms with E-state index in [-0.39, 0.29) is 44.6 Å².